The van der Waals surface area contributed by atoms with Crippen molar-refractivity contribution in [3.05, 3.63) is 36.3 Å². The molecule has 1 unspecified atom stereocenters. The van der Waals surface area contributed by atoms with E-state index >= 15 is 0 Å². The van der Waals surface area contributed by atoms with Crippen LogP contribution in [0.3, 0.4) is 0 Å². The van der Waals surface area contributed by atoms with Gasteiger partial charge in [-0.3, -0.25) is 19.7 Å². The quantitative estimate of drug-likeness (QED) is 0.938. The molecule has 2 aromatic rings. The van der Waals surface area contributed by atoms with Crippen molar-refractivity contribution in [2.75, 3.05) is 19.6 Å². The number of rotatable bonds is 4. The fraction of sp³-hybridized carbons (Fsp3) is 0.471. The largest absolute Gasteiger partial charge is 0.480 e. The first-order valence-electron chi connectivity index (χ1n) is 7.84. The fourth-order valence-corrected chi connectivity index (χ4v) is 3.31. The topological polar surface area (TPSA) is 66.3 Å². The second-order valence-electron chi connectivity index (χ2n) is 6.03. The van der Waals surface area contributed by atoms with Gasteiger partial charge in [0.25, 0.3) is 0 Å². The number of likely N-dealkylation sites (tertiary alicyclic amines) is 1. The average Bonchev–Trinajstić information content (AvgIpc) is 2.73. The molecule has 0 radical (unpaired) electrons. The summed E-state index contributed by atoms with van der Waals surface area (Å²) in [4.78, 5) is 21.5. The number of carbonyl (C=O) groups is 1. The summed E-state index contributed by atoms with van der Waals surface area (Å²) < 4.78 is 0. The third kappa shape index (κ3) is 3.60. The number of carboxylic acid groups (broad SMARTS) is 1. The monoisotopic (exact) mass is 299 g/mol. The minimum Gasteiger partial charge on any atom is -0.480 e. The van der Waals surface area contributed by atoms with Crippen molar-refractivity contribution in [2.24, 2.45) is 5.92 Å². The summed E-state index contributed by atoms with van der Waals surface area (Å²) >= 11 is 0. The lowest BCUT2D eigenvalue weighted by atomic mass is 9.92. The zero-order valence-corrected chi connectivity index (χ0v) is 12.6. The van der Waals surface area contributed by atoms with E-state index in [0.717, 1.165) is 49.7 Å². The summed E-state index contributed by atoms with van der Waals surface area (Å²) in [5, 5.41) is 10.1. The van der Waals surface area contributed by atoms with Crippen LogP contribution in [-0.4, -0.2) is 45.6 Å². The van der Waals surface area contributed by atoms with E-state index in [1.807, 2.05) is 18.5 Å². The SMILES string of the molecule is O=C(O)CN1CCCC(Cc2ccnc3ccncc23)CC1. The Morgan fingerprint density at radius 2 is 2.18 bits per heavy atom. The van der Waals surface area contributed by atoms with E-state index in [0.29, 0.717) is 5.92 Å². The van der Waals surface area contributed by atoms with Crippen LogP contribution >= 0.6 is 0 Å². The minimum atomic E-state index is -0.732. The van der Waals surface area contributed by atoms with Crippen molar-refractivity contribution in [1.82, 2.24) is 14.9 Å². The molecule has 1 saturated heterocycles. The predicted octanol–water partition coefficient (Wildman–Crippen LogP) is 2.36. The lowest BCUT2D eigenvalue weighted by Gasteiger charge is -2.18. The summed E-state index contributed by atoms with van der Waals surface area (Å²) in [6.45, 7) is 1.93. The van der Waals surface area contributed by atoms with E-state index in [1.54, 1.807) is 6.20 Å². The van der Waals surface area contributed by atoms with Gasteiger partial charge in [0.05, 0.1) is 12.1 Å². The Morgan fingerprint density at radius 1 is 1.27 bits per heavy atom. The summed E-state index contributed by atoms with van der Waals surface area (Å²) in [7, 11) is 0. The Balaban J connectivity index is 1.69. The van der Waals surface area contributed by atoms with Crippen LogP contribution < -0.4 is 0 Å². The molecular formula is C17H21N3O2. The minimum absolute atomic E-state index is 0.162. The molecule has 1 atom stereocenters. The van der Waals surface area contributed by atoms with Gasteiger partial charge in [-0.15, -0.1) is 0 Å². The number of hydrogen-bond donors (Lipinski definition) is 1. The van der Waals surface area contributed by atoms with Gasteiger partial charge in [-0.05, 0) is 62.4 Å². The van der Waals surface area contributed by atoms with Gasteiger partial charge in [-0.1, -0.05) is 0 Å². The van der Waals surface area contributed by atoms with Gasteiger partial charge in [0, 0.05) is 24.0 Å². The molecule has 1 fully saturated rings. The molecule has 0 saturated carbocycles. The van der Waals surface area contributed by atoms with Crippen molar-refractivity contribution in [1.29, 1.82) is 0 Å². The number of nitrogens with zero attached hydrogens (tertiary/aromatic N) is 3. The number of hydrogen-bond acceptors (Lipinski definition) is 4. The Labute approximate surface area is 130 Å². The highest BCUT2D eigenvalue weighted by Gasteiger charge is 2.19. The molecule has 116 valence electrons. The summed E-state index contributed by atoms with van der Waals surface area (Å²) in [5.74, 6) is -0.130. The molecule has 0 amide bonds. The van der Waals surface area contributed by atoms with E-state index in [9.17, 15) is 4.79 Å². The number of aromatic nitrogens is 2. The van der Waals surface area contributed by atoms with Crippen molar-refractivity contribution >= 4 is 16.9 Å². The highest BCUT2D eigenvalue weighted by atomic mass is 16.4. The third-order valence-electron chi connectivity index (χ3n) is 4.44. The standard InChI is InChI=1S/C17H21N3O2/c21-17(22)12-20-8-1-2-13(5-9-20)10-14-3-7-19-16-4-6-18-11-15(14)16/h3-4,6-7,11,13H,1-2,5,8-10,12H2,(H,21,22). The number of aliphatic carboxylic acids is 1. The molecule has 3 heterocycles. The molecule has 1 aliphatic rings. The fourth-order valence-electron chi connectivity index (χ4n) is 3.31. The van der Waals surface area contributed by atoms with Gasteiger partial charge in [0.1, 0.15) is 0 Å². The van der Waals surface area contributed by atoms with Crippen molar-refractivity contribution in [3.63, 3.8) is 0 Å². The molecule has 0 aromatic carbocycles. The van der Waals surface area contributed by atoms with Gasteiger partial charge in [-0.2, -0.15) is 0 Å². The first kappa shape index (κ1) is 14.9. The third-order valence-corrected chi connectivity index (χ3v) is 4.44. The average molecular weight is 299 g/mol. The molecule has 1 N–H and O–H groups in total. The molecule has 0 spiro atoms. The Bertz CT molecular complexity index is 654. The summed E-state index contributed by atoms with van der Waals surface area (Å²) in [5.41, 5.74) is 2.29. The predicted molar refractivity (Wildman–Crippen MR) is 84.7 cm³/mol. The van der Waals surface area contributed by atoms with Crippen LogP contribution in [-0.2, 0) is 11.2 Å². The smallest absolute Gasteiger partial charge is 0.317 e. The maximum atomic E-state index is 10.8. The molecule has 5 nitrogen and oxygen atoms in total. The molecule has 22 heavy (non-hydrogen) atoms. The maximum absolute atomic E-state index is 10.8. The maximum Gasteiger partial charge on any atom is 0.317 e. The second kappa shape index (κ2) is 6.83. The Hall–Kier alpha value is -2.01. The highest BCUT2D eigenvalue weighted by Crippen LogP contribution is 2.25. The second-order valence-corrected chi connectivity index (χ2v) is 6.03. The molecular weight excluding hydrogens is 278 g/mol. The van der Waals surface area contributed by atoms with Crippen LogP contribution in [0.2, 0.25) is 0 Å². The molecule has 5 heteroatoms. The molecule has 1 aliphatic heterocycles. The van der Waals surface area contributed by atoms with Gasteiger partial charge in [0.2, 0.25) is 0 Å². The Kier molecular flexibility index (Phi) is 4.63. The lowest BCUT2D eigenvalue weighted by Crippen LogP contribution is -2.30. The Morgan fingerprint density at radius 3 is 3.05 bits per heavy atom. The van der Waals surface area contributed by atoms with E-state index in [4.69, 9.17) is 5.11 Å². The summed E-state index contributed by atoms with van der Waals surface area (Å²) in [6.07, 6.45) is 9.83. The van der Waals surface area contributed by atoms with E-state index in [2.05, 4.69) is 20.9 Å². The molecule has 0 bridgehead atoms. The van der Waals surface area contributed by atoms with E-state index < -0.39 is 5.97 Å². The van der Waals surface area contributed by atoms with Gasteiger partial charge in [0.15, 0.2) is 0 Å². The number of carboxylic acids is 1. The van der Waals surface area contributed by atoms with Gasteiger partial charge in [-0.25, -0.2) is 0 Å². The van der Waals surface area contributed by atoms with Crippen LogP contribution in [0.1, 0.15) is 24.8 Å². The number of fused-ring (bicyclic) bond motifs is 1. The van der Waals surface area contributed by atoms with Crippen molar-refractivity contribution in [2.45, 2.75) is 25.7 Å². The van der Waals surface area contributed by atoms with Crippen LogP contribution in [0.25, 0.3) is 10.9 Å². The first-order chi connectivity index (χ1) is 10.7. The van der Waals surface area contributed by atoms with Crippen LogP contribution in [0, 0.1) is 5.92 Å². The van der Waals surface area contributed by atoms with Crippen LogP contribution in [0.4, 0.5) is 0 Å². The number of pyridine rings is 2. The van der Waals surface area contributed by atoms with Gasteiger partial charge < -0.3 is 5.11 Å². The zero-order valence-electron chi connectivity index (χ0n) is 12.6. The van der Waals surface area contributed by atoms with Crippen molar-refractivity contribution < 1.29 is 9.90 Å². The zero-order chi connectivity index (χ0) is 15.4. The molecule has 3 rings (SSSR count). The van der Waals surface area contributed by atoms with Gasteiger partial charge >= 0.3 is 5.97 Å². The molecule has 0 aliphatic carbocycles. The van der Waals surface area contributed by atoms with Crippen LogP contribution in [0.15, 0.2) is 30.7 Å². The first-order valence-corrected chi connectivity index (χ1v) is 7.84. The van der Waals surface area contributed by atoms with E-state index in [1.165, 1.54) is 5.56 Å². The lowest BCUT2D eigenvalue weighted by molar-refractivity contribution is -0.138. The van der Waals surface area contributed by atoms with Crippen molar-refractivity contribution in [3.8, 4) is 0 Å². The van der Waals surface area contributed by atoms with Crippen LogP contribution in [0.5, 0.6) is 0 Å². The highest BCUT2D eigenvalue weighted by molar-refractivity contribution is 5.80. The molecule has 2 aromatic heterocycles. The summed E-state index contributed by atoms with van der Waals surface area (Å²) in [6, 6.07) is 4.03. The van der Waals surface area contributed by atoms with E-state index in [-0.39, 0.29) is 6.54 Å². The normalized spacial score (nSPS) is 19.9.